The summed E-state index contributed by atoms with van der Waals surface area (Å²) in [6.07, 6.45) is 5.94. The molecule has 1 aromatic heterocycles. The average Bonchev–Trinajstić information content (AvgIpc) is 3.29. The number of ether oxygens (including phenoxy) is 1. The average molecular weight is 327 g/mol. The van der Waals surface area contributed by atoms with E-state index >= 15 is 0 Å². The standard InChI is InChI=1S/C17H21N5O2/c23-16(21-10-11-24-17(12-21)8-4-5-9-17)15(22-13-18-19-20-22)14-6-2-1-3-7-14/h1-3,6-7,13,15H,4-5,8-12H2. The molecule has 7 heteroatoms. The number of carbonyl (C=O) groups is 1. The molecule has 7 nitrogen and oxygen atoms in total. The Morgan fingerprint density at radius 1 is 1.21 bits per heavy atom. The van der Waals surface area contributed by atoms with E-state index in [1.54, 1.807) is 0 Å². The Balaban J connectivity index is 1.62. The van der Waals surface area contributed by atoms with Gasteiger partial charge in [-0.3, -0.25) is 4.79 Å². The van der Waals surface area contributed by atoms with Gasteiger partial charge in [0.25, 0.3) is 5.91 Å². The third kappa shape index (κ3) is 2.80. The molecule has 2 heterocycles. The van der Waals surface area contributed by atoms with Gasteiger partial charge in [0.15, 0.2) is 6.04 Å². The van der Waals surface area contributed by atoms with Gasteiger partial charge < -0.3 is 9.64 Å². The number of carbonyl (C=O) groups excluding carboxylic acids is 1. The third-order valence-corrected chi connectivity index (χ3v) is 5.05. The number of morpholine rings is 1. The maximum Gasteiger partial charge on any atom is 0.252 e. The molecule has 1 amide bonds. The highest BCUT2D eigenvalue weighted by atomic mass is 16.5. The minimum Gasteiger partial charge on any atom is -0.371 e. The maximum absolute atomic E-state index is 13.3. The second-order valence-corrected chi connectivity index (χ2v) is 6.60. The number of tetrazole rings is 1. The summed E-state index contributed by atoms with van der Waals surface area (Å²) in [6, 6.07) is 9.15. The fourth-order valence-electron chi connectivity index (χ4n) is 3.86. The molecule has 0 bridgehead atoms. The van der Waals surface area contributed by atoms with Crippen LogP contribution in [0.4, 0.5) is 0 Å². The van der Waals surface area contributed by atoms with E-state index in [1.807, 2.05) is 35.2 Å². The van der Waals surface area contributed by atoms with Crippen molar-refractivity contribution in [2.45, 2.75) is 37.3 Å². The summed E-state index contributed by atoms with van der Waals surface area (Å²) in [5, 5.41) is 11.4. The molecule has 1 aliphatic carbocycles. The maximum atomic E-state index is 13.3. The van der Waals surface area contributed by atoms with Crippen LogP contribution in [0.1, 0.15) is 37.3 Å². The normalized spacial score (nSPS) is 21.1. The highest BCUT2D eigenvalue weighted by Gasteiger charge is 2.42. The zero-order valence-corrected chi connectivity index (χ0v) is 13.5. The van der Waals surface area contributed by atoms with Gasteiger partial charge in [-0.05, 0) is 28.8 Å². The van der Waals surface area contributed by atoms with E-state index in [4.69, 9.17) is 4.74 Å². The Labute approximate surface area is 140 Å². The predicted octanol–water partition coefficient (Wildman–Crippen LogP) is 1.43. The van der Waals surface area contributed by atoms with Crippen LogP contribution < -0.4 is 0 Å². The highest BCUT2D eigenvalue weighted by molar-refractivity contribution is 5.83. The molecular weight excluding hydrogens is 306 g/mol. The number of benzene rings is 1. The zero-order valence-electron chi connectivity index (χ0n) is 13.5. The van der Waals surface area contributed by atoms with Gasteiger partial charge in [0.1, 0.15) is 6.33 Å². The van der Waals surface area contributed by atoms with E-state index in [0.29, 0.717) is 19.7 Å². The van der Waals surface area contributed by atoms with E-state index in [0.717, 1.165) is 18.4 Å². The van der Waals surface area contributed by atoms with Crippen LogP contribution in [0.3, 0.4) is 0 Å². The number of amides is 1. The Kier molecular flexibility index (Phi) is 4.02. The molecule has 2 fully saturated rings. The first-order valence-electron chi connectivity index (χ1n) is 8.48. The molecule has 1 saturated heterocycles. The van der Waals surface area contributed by atoms with Crippen LogP contribution in [0.5, 0.6) is 0 Å². The second-order valence-electron chi connectivity index (χ2n) is 6.60. The Morgan fingerprint density at radius 3 is 2.71 bits per heavy atom. The number of rotatable bonds is 3. The molecule has 0 radical (unpaired) electrons. The van der Waals surface area contributed by atoms with E-state index in [9.17, 15) is 4.79 Å². The van der Waals surface area contributed by atoms with Crippen LogP contribution >= 0.6 is 0 Å². The largest absolute Gasteiger partial charge is 0.371 e. The quantitative estimate of drug-likeness (QED) is 0.853. The van der Waals surface area contributed by atoms with Gasteiger partial charge in [-0.1, -0.05) is 43.2 Å². The van der Waals surface area contributed by atoms with Crippen molar-refractivity contribution in [2.24, 2.45) is 0 Å². The van der Waals surface area contributed by atoms with Crippen molar-refractivity contribution in [1.82, 2.24) is 25.1 Å². The van der Waals surface area contributed by atoms with Crippen molar-refractivity contribution < 1.29 is 9.53 Å². The molecule has 0 N–H and O–H groups in total. The monoisotopic (exact) mass is 327 g/mol. The molecule has 126 valence electrons. The van der Waals surface area contributed by atoms with Gasteiger partial charge in [-0.2, -0.15) is 0 Å². The molecule has 2 aromatic rings. The molecule has 1 aliphatic heterocycles. The van der Waals surface area contributed by atoms with Crippen molar-refractivity contribution in [3.63, 3.8) is 0 Å². The van der Waals surface area contributed by atoms with Crippen molar-refractivity contribution in [1.29, 1.82) is 0 Å². The third-order valence-electron chi connectivity index (χ3n) is 5.05. The molecule has 1 aromatic carbocycles. The number of hydrogen-bond donors (Lipinski definition) is 0. The molecule has 1 spiro atoms. The summed E-state index contributed by atoms with van der Waals surface area (Å²) in [5.74, 6) is 0.0306. The lowest BCUT2D eigenvalue weighted by Crippen LogP contribution is -2.54. The van der Waals surface area contributed by atoms with E-state index in [-0.39, 0.29) is 11.5 Å². The van der Waals surface area contributed by atoms with Crippen LogP contribution in [0.25, 0.3) is 0 Å². The van der Waals surface area contributed by atoms with E-state index in [1.165, 1.54) is 23.9 Å². The SMILES string of the molecule is O=C(C(c1ccccc1)n1cnnn1)N1CCOC2(CCCC2)C1. The molecular formula is C17H21N5O2. The molecule has 4 rings (SSSR count). The van der Waals surface area contributed by atoms with Crippen LogP contribution in [0.2, 0.25) is 0 Å². The first-order valence-corrected chi connectivity index (χ1v) is 8.48. The van der Waals surface area contributed by atoms with Crippen LogP contribution in [0.15, 0.2) is 36.7 Å². The summed E-state index contributed by atoms with van der Waals surface area (Å²) in [5.41, 5.74) is 0.747. The Bertz CT molecular complexity index is 682. The Morgan fingerprint density at radius 2 is 2.00 bits per heavy atom. The van der Waals surface area contributed by atoms with Crippen molar-refractivity contribution in [2.75, 3.05) is 19.7 Å². The fraction of sp³-hybridized carbons (Fsp3) is 0.529. The number of aromatic nitrogens is 4. The minimum absolute atomic E-state index is 0.0306. The van der Waals surface area contributed by atoms with Gasteiger partial charge in [0.05, 0.1) is 12.2 Å². The molecule has 1 atom stereocenters. The van der Waals surface area contributed by atoms with E-state index < -0.39 is 6.04 Å². The summed E-state index contributed by atoms with van der Waals surface area (Å²) < 4.78 is 7.58. The first kappa shape index (κ1) is 15.3. The van der Waals surface area contributed by atoms with Gasteiger partial charge >= 0.3 is 0 Å². The molecule has 1 unspecified atom stereocenters. The lowest BCUT2D eigenvalue weighted by Gasteiger charge is -2.41. The summed E-state index contributed by atoms with van der Waals surface area (Å²) in [4.78, 5) is 15.2. The van der Waals surface area contributed by atoms with Gasteiger partial charge in [-0.15, -0.1) is 5.10 Å². The molecule has 2 aliphatic rings. The van der Waals surface area contributed by atoms with Gasteiger partial charge in [0.2, 0.25) is 0 Å². The topological polar surface area (TPSA) is 73.1 Å². The van der Waals surface area contributed by atoms with Gasteiger partial charge in [0, 0.05) is 13.1 Å². The zero-order chi connectivity index (χ0) is 16.4. The van der Waals surface area contributed by atoms with Crippen LogP contribution in [-0.2, 0) is 9.53 Å². The number of nitrogens with zero attached hydrogens (tertiary/aromatic N) is 5. The summed E-state index contributed by atoms with van der Waals surface area (Å²) in [7, 11) is 0. The van der Waals surface area contributed by atoms with Crippen molar-refractivity contribution in [3.8, 4) is 0 Å². The smallest absolute Gasteiger partial charge is 0.252 e. The lowest BCUT2D eigenvalue weighted by atomic mass is 9.98. The van der Waals surface area contributed by atoms with Gasteiger partial charge in [-0.25, -0.2) is 4.68 Å². The first-order chi connectivity index (χ1) is 11.8. The second kappa shape index (κ2) is 6.32. The molecule has 1 saturated carbocycles. The Hall–Kier alpha value is -2.28. The van der Waals surface area contributed by atoms with Crippen molar-refractivity contribution in [3.05, 3.63) is 42.2 Å². The van der Waals surface area contributed by atoms with Crippen LogP contribution in [0, 0.1) is 0 Å². The predicted molar refractivity (Wildman–Crippen MR) is 86.1 cm³/mol. The van der Waals surface area contributed by atoms with Crippen molar-refractivity contribution >= 4 is 5.91 Å². The van der Waals surface area contributed by atoms with E-state index in [2.05, 4.69) is 15.5 Å². The fourth-order valence-corrected chi connectivity index (χ4v) is 3.86. The summed E-state index contributed by atoms with van der Waals surface area (Å²) >= 11 is 0. The highest BCUT2D eigenvalue weighted by Crippen LogP contribution is 2.36. The molecule has 24 heavy (non-hydrogen) atoms. The number of hydrogen-bond acceptors (Lipinski definition) is 5. The van der Waals surface area contributed by atoms with Crippen LogP contribution in [-0.4, -0.2) is 56.3 Å². The summed E-state index contributed by atoms with van der Waals surface area (Å²) in [6.45, 7) is 1.88. The lowest BCUT2D eigenvalue weighted by molar-refractivity contribution is -0.152. The minimum atomic E-state index is -0.530.